The molecule has 0 bridgehead atoms. The highest BCUT2D eigenvalue weighted by atomic mass is 16.5. The number of nitrogens with zero attached hydrogens (tertiary/aromatic N) is 1. The summed E-state index contributed by atoms with van der Waals surface area (Å²) >= 11 is 0. The summed E-state index contributed by atoms with van der Waals surface area (Å²) in [6.45, 7) is 3.66. The lowest BCUT2D eigenvalue weighted by molar-refractivity contribution is 0.0969. The number of aromatic amines is 1. The third-order valence-electron chi connectivity index (χ3n) is 5.88. The van der Waals surface area contributed by atoms with Gasteiger partial charge in [-0.1, -0.05) is 56.3 Å². The van der Waals surface area contributed by atoms with Gasteiger partial charge in [0.2, 0.25) is 0 Å². The number of fused-ring (bicyclic) bond motifs is 1. The van der Waals surface area contributed by atoms with E-state index in [1.807, 2.05) is 56.3 Å². The van der Waals surface area contributed by atoms with Crippen molar-refractivity contribution in [3.05, 3.63) is 110 Å². The Balaban J connectivity index is 1.83. The van der Waals surface area contributed by atoms with Crippen LogP contribution in [0.5, 0.6) is 5.75 Å². The molecular weight excluding hydrogens is 416 g/mol. The van der Waals surface area contributed by atoms with Gasteiger partial charge in [0, 0.05) is 23.2 Å². The van der Waals surface area contributed by atoms with E-state index in [0.29, 0.717) is 29.0 Å². The van der Waals surface area contributed by atoms with E-state index in [1.165, 1.54) is 4.57 Å². The second-order valence-electron chi connectivity index (χ2n) is 8.33. The van der Waals surface area contributed by atoms with E-state index in [2.05, 4.69) is 4.98 Å². The molecule has 0 unspecified atom stereocenters. The first-order valence-corrected chi connectivity index (χ1v) is 10.9. The summed E-state index contributed by atoms with van der Waals surface area (Å²) in [6.07, 6.45) is 0.365. The van der Waals surface area contributed by atoms with Gasteiger partial charge in [-0.2, -0.15) is 0 Å². The van der Waals surface area contributed by atoms with Gasteiger partial charge in [0.15, 0.2) is 5.78 Å². The van der Waals surface area contributed by atoms with E-state index in [-0.39, 0.29) is 18.2 Å². The maximum absolute atomic E-state index is 13.1. The summed E-state index contributed by atoms with van der Waals surface area (Å²) in [5.41, 5.74) is 1.56. The van der Waals surface area contributed by atoms with Crippen LogP contribution in [0.25, 0.3) is 10.8 Å². The Morgan fingerprint density at radius 3 is 2.36 bits per heavy atom. The van der Waals surface area contributed by atoms with E-state index >= 15 is 0 Å². The zero-order chi connectivity index (χ0) is 23.5. The minimum atomic E-state index is -0.582. The van der Waals surface area contributed by atoms with Gasteiger partial charge in [-0.25, -0.2) is 4.79 Å². The van der Waals surface area contributed by atoms with Crippen molar-refractivity contribution < 1.29 is 9.53 Å². The summed E-state index contributed by atoms with van der Waals surface area (Å²) in [6, 6.07) is 20.7. The Bertz CT molecular complexity index is 1420. The number of ketones is 1. The number of benzene rings is 3. The van der Waals surface area contributed by atoms with Crippen LogP contribution in [0.4, 0.5) is 0 Å². The minimum absolute atomic E-state index is 0.123. The molecule has 168 valence electrons. The monoisotopic (exact) mass is 442 g/mol. The number of hydrogen-bond donors (Lipinski definition) is 1. The molecule has 33 heavy (non-hydrogen) atoms. The van der Waals surface area contributed by atoms with Crippen LogP contribution in [0.1, 0.15) is 46.9 Å². The van der Waals surface area contributed by atoms with Gasteiger partial charge in [-0.3, -0.25) is 19.1 Å². The van der Waals surface area contributed by atoms with Gasteiger partial charge in [0.05, 0.1) is 13.7 Å². The van der Waals surface area contributed by atoms with Crippen LogP contribution in [0.15, 0.2) is 76.3 Å². The number of ether oxygens (including phenoxy) is 1. The molecule has 0 radical (unpaired) electrons. The molecule has 0 fully saturated rings. The summed E-state index contributed by atoms with van der Waals surface area (Å²) < 4.78 is 6.56. The molecule has 0 spiro atoms. The number of nitrogens with one attached hydrogen (secondary N) is 1. The van der Waals surface area contributed by atoms with Crippen molar-refractivity contribution in [2.45, 2.75) is 32.7 Å². The average molecular weight is 443 g/mol. The summed E-state index contributed by atoms with van der Waals surface area (Å²) in [5, 5.41) is 2.13. The smallest absolute Gasteiger partial charge is 0.328 e. The molecule has 0 aliphatic carbocycles. The van der Waals surface area contributed by atoms with Crippen molar-refractivity contribution in [1.29, 1.82) is 0 Å². The second kappa shape index (κ2) is 9.28. The first-order chi connectivity index (χ1) is 15.9. The molecule has 0 amide bonds. The molecule has 1 N–H and O–H groups in total. The van der Waals surface area contributed by atoms with Crippen molar-refractivity contribution in [2.24, 2.45) is 0 Å². The maximum atomic E-state index is 13.1. The van der Waals surface area contributed by atoms with E-state index in [9.17, 15) is 14.4 Å². The van der Waals surface area contributed by atoms with Gasteiger partial charge in [0.25, 0.3) is 5.56 Å². The summed E-state index contributed by atoms with van der Waals surface area (Å²) in [5.74, 6) is 0.300. The fraction of sp³-hybridized carbons (Fsp3) is 0.222. The lowest BCUT2D eigenvalue weighted by Crippen LogP contribution is -2.37. The number of carbonyl (C=O) groups excluding carboxylic acids is 1. The Morgan fingerprint density at radius 1 is 0.970 bits per heavy atom. The summed E-state index contributed by atoms with van der Waals surface area (Å²) in [7, 11) is 1.56. The number of rotatable bonds is 7. The molecule has 0 atom stereocenters. The largest absolute Gasteiger partial charge is 0.497 e. The van der Waals surface area contributed by atoms with Crippen molar-refractivity contribution in [1.82, 2.24) is 9.55 Å². The second-order valence-corrected chi connectivity index (χ2v) is 8.33. The number of methoxy groups -OCH3 is 1. The van der Waals surface area contributed by atoms with Crippen LogP contribution in [-0.4, -0.2) is 22.4 Å². The van der Waals surface area contributed by atoms with Crippen molar-refractivity contribution in [3.63, 3.8) is 0 Å². The number of carbonyl (C=O) groups is 1. The van der Waals surface area contributed by atoms with Crippen LogP contribution in [0, 0.1) is 0 Å². The highest BCUT2D eigenvalue weighted by Crippen LogP contribution is 2.24. The molecule has 4 aromatic rings. The van der Waals surface area contributed by atoms with Crippen LogP contribution < -0.4 is 16.0 Å². The zero-order valence-corrected chi connectivity index (χ0v) is 18.9. The molecule has 0 saturated carbocycles. The minimum Gasteiger partial charge on any atom is -0.497 e. The topological polar surface area (TPSA) is 81.2 Å². The molecular formula is C27H26N2O4. The molecule has 0 aliphatic rings. The van der Waals surface area contributed by atoms with Gasteiger partial charge >= 0.3 is 5.69 Å². The normalized spacial score (nSPS) is 11.2. The predicted octanol–water partition coefficient (Wildman–Crippen LogP) is 4.30. The van der Waals surface area contributed by atoms with Crippen LogP contribution >= 0.6 is 0 Å². The third-order valence-corrected chi connectivity index (χ3v) is 5.88. The Labute approximate surface area is 191 Å². The summed E-state index contributed by atoms with van der Waals surface area (Å²) in [4.78, 5) is 41.1. The molecule has 4 rings (SSSR count). The van der Waals surface area contributed by atoms with Crippen molar-refractivity contribution >= 4 is 16.6 Å². The highest BCUT2D eigenvalue weighted by Gasteiger charge is 2.21. The lowest BCUT2D eigenvalue weighted by atomic mass is 9.95. The molecule has 6 nitrogen and oxygen atoms in total. The molecule has 0 saturated heterocycles. The standard InChI is InChI=1S/C27H26N2O4/c1-17(2)25-23(15-20-9-6-8-18-7-4-5-10-22(18)20)29(27(32)28-26(25)31)16-24(30)19-11-13-21(33-3)14-12-19/h4-14,17H,15-16H2,1-3H3,(H,28,31,32). The van der Waals surface area contributed by atoms with Gasteiger partial charge in [-0.15, -0.1) is 0 Å². The SMILES string of the molecule is COc1ccc(C(=O)Cn2c(Cc3cccc4ccccc34)c(C(C)C)c(=O)[nH]c2=O)cc1. The predicted molar refractivity (Wildman–Crippen MR) is 129 cm³/mol. The van der Waals surface area contributed by atoms with Gasteiger partial charge in [0.1, 0.15) is 5.75 Å². The number of hydrogen-bond acceptors (Lipinski definition) is 4. The highest BCUT2D eigenvalue weighted by molar-refractivity contribution is 5.96. The Hall–Kier alpha value is -3.93. The number of aromatic nitrogens is 2. The molecule has 0 aliphatic heterocycles. The van der Waals surface area contributed by atoms with E-state index in [4.69, 9.17) is 4.74 Å². The lowest BCUT2D eigenvalue weighted by Gasteiger charge is -2.19. The number of Topliss-reactive ketones (excluding diaryl/α,β-unsaturated/α-hetero) is 1. The van der Waals surface area contributed by atoms with Crippen LogP contribution in [-0.2, 0) is 13.0 Å². The zero-order valence-electron chi connectivity index (χ0n) is 18.9. The first-order valence-electron chi connectivity index (χ1n) is 10.9. The molecule has 3 aromatic carbocycles. The Morgan fingerprint density at radius 2 is 1.67 bits per heavy atom. The molecule has 1 heterocycles. The van der Waals surface area contributed by atoms with Gasteiger partial charge in [-0.05, 0) is 46.5 Å². The average Bonchev–Trinajstić information content (AvgIpc) is 2.81. The van der Waals surface area contributed by atoms with E-state index in [0.717, 1.165) is 16.3 Å². The van der Waals surface area contributed by atoms with Crippen molar-refractivity contribution in [3.8, 4) is 5.75 Å². The third kappa shape index (κ3) is 4.51. The van der Waals surface area contributed by atoms with E-state index < -0.39 is 11.2 Å². The van der Waals surface area contributed by atoms with E-state index in [1.54, 1.807) is 31.4 Å². The van der Waals surface area contributed by atoms with Crippen LogP contribution in [0.3, 0.4) is 0 Å². The Kier molecular flexibility index (Phi) is 6.27. The fourth-order valence-corrected chi connectivity index (χ4v) is 4.22. The van der Waals surface area contributed by atoms with Crippen molar-refractivity contribution in [2.75, 3.05) is 7.11 Å². The van der Waals surface area contributed by atoms with Crippen LogP contribution in [0.2, 0.25) is 0 Å². The maximum Gasteiger partial charge on any atom is 0.328 e. The molecule has 1 aromatic heterocycles. The van der Waals surface area contributed by atoms with Gasteiger partial charge < -0.3 is 4.74 Å². The fourth-order valence-electron chi connectivity index (χ4n) is 4.22. The first kappa shape index (κ1) is 22.3. The number of H-pyrrole nitrogens is 1. The quantitative estimate of drug-likeness (QED) is 0.433. The molecule has 6 heteroatoms.